The molecule has 2 amide bonds. The van der Waals surface area contributed by atoms with Crippen molar-refractivity contribution < 1.29 is 19.1 Å². The lowest BCUT2D eigenvalue weighted by Crippen LogP contribution is -2.55. The van der Waals surface area contributed by atoms with Gasteiger partial charge < -0.3 is 19.9 Å². The molecule has 3 aliphatic heterocycles. The molecular formula is C29H42N4O4. The number of benzene rings is 1. The molecule has 4 aliphatic rings. The molecule has 1 aliphatic carbocycles. The smallest absolute Gasteiger partial charge is 0.251 e. The minimum Gasteiger partial charge on any atom is -0.369 e. The molecule has 8 heteroatoms. The van der Waals surface area contributed by atoms with Crippen LogP contribution in [0, 0.1) is 11.8 Å². The number of likely N-dealkylation sites (tertiary alicyclic amines) is 1. The summed E-state index contributed by atoms with van der Waals surface area (Å²) in [4.78, 5) is 46.4. The van der Waals surface area contributed by atoms with Crippen molar-refractivity contribution in [2.24, 2.45) is 11.8 Å². The molecule has 1 aromatic carbocycles. The monoisotopic (exact) mass is 510 g/mol. The van der Waals surface area contributed by atoms with Gasteiger partial charge in [0.2, 0.25) is 5.91 Å². The van der Waals surface area contributed by atoms with Crippen LogP contribution in [0.5, 0.6) is 0 Å². The Bertz CT molecular complexity index is 969. The Hall–Kier alpha value is -2.45. The number of amides is 2. The van der Waals surface area contributed by atoms with Gasteiger partial charge in [0.05, 0.1) is 6.10 Å². The Labute approximate surface area is 220 Å². The van der Waals surface area contributed by atoms with Crippen LogP contribution in [0.2, 0.25) is 0 Å². The van der Waals surface area contributed by atoms with E-state index < -0.39 is 12.1 Å². The highest BCUT2D eigenvalue weighted by molar-refractivity contribution is 5.99. The van der Waals surface area contributed by atoms with Crippen LogP contribution in [0.4, 0.5) is 5.69 Å². The number of nitrogens with zero attached hydrogens (tertiary/aromatic N) is 3. The molecule has 202 valence electrons. The molecule has 0 bridgehead atoms. The largest absolute Gasteiger partial charge is 0.369 e. The second kappa shape index (κ2) is 11.5. The fourth-order valence-electron chi connectivity index (χ4n) is 6.74. The van der Waals surface area contributed by atoms with E-state index in [0.717, 1.165) is 70.5 Å². The maximum atomic E-state index is 13.9. The number of carbonyl (C=O) groups excluding carboxylic acids is 3. The number of nitrogens with one attached hydrogen (secondary N) is 1. The Kier molecular flexibility index (Phi) is 8.15. The molecule has 4 atom stereocenters. The second-order valence-corrected chi connectivity index (χ2v) is 11.4. The first-order chi connectivity index (χ1) is 18.0. The lowest BCUT2D eigenvalue weighted by molar-refractivity contribution is -0.139. The fraction of sp³-hybridized carbons (Fsp3) is 0.690. The van der Waals surface area contributed by atoms with Gasteiger partial charge in [0.15, 0.2) is 5.78 Å². The quantitative estimate of drug-likeness (QED) is 0.608. The van der Waals surface area contributed by atoms with Gasteiger partial charge in [-0.1, -0.05) is 33.1 Å². The summed E-state index contributed by atoms with van der Waals surface area (Å²) in [5.41, 5.74) is 1.69. The Balaban J connectivity index is 1.27. The number of ketones is 1. The fourth-order valence-corrected chi connectivity index (χ4v) is 6.74. The molecule has 5 rings (SSSR count). The van der Waals surface area contributed by atoms with E-state index in [1.165, 1.54) is 6.42 Å². The van der Waals surface area contributed by atoms with E-state index in [-0.39, 0.29) is 42.1 Å². The molecule has 37 heavy (non-hydrogen) atoms. The van der Waals surface area contributed by atoms with Gasteiger partial charge >= 0.3 is 0 Å². The van der Waals surface area contributed by atoms with Crippen molar-refractivity contribution in [1.82, 2.24) is 15.1 Å². The van der Waals surface area contributed by atoms with Crippen LogP contribution in [0.15, 0.2) is 24.3 Å². The summed E-state index contributed by atoms with van der Waals surface area (Å²) < 4.78 is 5.70. The SMILES string of the molecule is CCCN1CCN(c2ccc(C(=O)N[C@H](C(=O)N3C[C@H](C)[C@H]4OCC(=O)[C@H]43)C3CCCCC3)cc2)CC1. The Morgan fingerprint density at radius 2 is 1.76 bits per heavy atom. The minimum atomic E-state index is -0.613. The maximum Gasteiger partial charge on any atom is 0.251 e. The van der Waals surface area contributed by atoms with Crippen molar-refractivity contribution in [1.29, 1.82) is 0 Å². The first-order valence-electron chi connectivity index (χ1n) is 14.3. The van der Waals surface area contributed by atoms with Gasteiger partial charge in [0.25, 0.3) is 5.91 Å². The molecule has 0 aromatic heterocycles. The van der Waals surface area contributed by atoms with Gasteiger partial charge in [-0.3, -0.25) is 19.3 Å². The van der Waals surface area contributed by atoms with Gasteiger partial charge in [-0.05, 0) is 56.0 Å². The van der Waals surface area contributed by atoms with Crippen LogP contribution in [0.3, 0.4) is 0 Å². The zero-order valence-corrected chi connectivity index (χ0v) is 22.4. The molecule has 0 spiro atoms. The minimum absolute atomic E-state index is 0.0254. The summed E-state index contributed by atoms with van der Waals surface area (Å²) in [7, 11) is 0. The van der Waals surface area contributed by atoms with Crippen molar-refractivity contribution in [3.05, 3.63) is 29.8 Å². The van der Waals surface area contributed by atoms with Crippen LogP contribution >= 0.6 is 0 Å². The zero-order valence-electron chi connectivity index (χ0n) is 22.4. The van der Waals surface area contributed by atoms with Crippen molar-refractivity contribution in [3.8, 4) is 0 Å². The summed E-state index contributed by atoms with van der Waals surface area (Å²) in [6.45, 7) is 10.1. The standard InChI is InChI=1S/C29H42N4O4/c1-3-13-31-14-16-32(17-15-31)23-11-9-22(10-12-23)28(35)30-25(21-7-5-4-6-8-21)29(36)33-18-20(2)27-26(33)24(34)19-37-27/h9-12,20-21,25-27H,3-8,13-19H2,1-2H3,(H,30,35)/t20-,25-,26+,27+/m0/s1. The first kappa shape index (κ1) is 26.2. The van der Waals surface area contributed by atoms with Crippen LogP contribution in [0.25, 0.3) is 0 Å². The highest BCUT2D eigenvalue weighted by Gasteiger charge is 2.52. The molecule has 3 saturated heterocycles. The molecule has 4 fully saturated rings. The molecule has 3 heterocycles. The summed E-state index contributed by atoms with van der Waals surface area (Å²) in [5, 5.41) is 3.11. The third-order valence-corrected chi connectivity index (χ3v) is 8.80. The van der Waals surface area contributed by atoms with Gasteiger partial charge in [-0.2, -0.15) is 0 Å². The Morgan fingerprint density at radius 3 is 2.43 bits per heavy atom. The van der Waals surface area contributed by atoms with Crippen LogP contribution < -0.4 is 10.2 Å². The molecule has 1 N–H and O–H groups in total. The van der Waals surface area contributed by atoms with E-state index in [4.69, 9.17) is 4.74 Å². The predicted molar refractivity (Wildman–Crippen MR) is 143 cm³/mol. The first-order valence-corrected chi connectivity index (χ1v) is 14.3. The average molecular weight is 511 g/mol. The second-order valence-electron chi connectivity index (χ2n) is 11.4. The lowest BCUT2D eigenvalue weighted by atomic mass is 9.83. The van der Waals surface area contributed by atoms with Crippen molar-refractivity contribution >= 4 is 23.3 Å². The topological polar surface area (TPSA) is 82.2 Å². The zero-order chi connectivity index (χ0) is 25.9. The summed E-state index contributed by atoms with van der Waals surface area (Å²) in [6, 6.07) is 6.65. The van der Waals surface area contributed by atoms with Crippen molar-refractivity contribution in [2.75, 3.05) is 50.8 Å². The summed E-state index contributed by atoms with van der Waals surface area (Å²) in [6.07, 6.45) is 6.08. The van der Waals surface area contributed by atoms with Crippen LogP contribution in [-0.4, -0.2) is 91.5 Å². The van der Waals surface area contributed by atoms with E-state index in [1.807, 2.05) is 31.2 Å². The number of ether oxygens (including phenoxy) is 1. The lowest BCUT2D eigenvalue weighted by Gasteiger charge is -2.36. The van der Waals surface area contributed by atoms with E-state index in [1.54, 1.807) is 4.90 Å². The number of carbonyl (C=O) groups is 3. The predicted octanol–water partition coefficient (Wildman–Crippen LogP) is 2.71. The maximum absolute atomic E-state index is 13.9. The van der Waals surface area contributed by atoms with E-state index in [2.05, 4.69) is 22.0 Å². The molecule has 8 nitrogen and oxygen atoms in total. The van der Waals surface area contributed by atoms with E-state index in [0.29, 0.717) is 12.1 Å². The van der Waals surface area contributed by atoms with Crippen molar-refractivity contribution in [3.63, 3.8) is 0 Å². The van der Waals surface area contributed by atoms with Crippen LogP contribution in [-0.2, 0) is 14.3 Å². The van der Waals surface area contributed by atoms with Crippen LogP contribution in [0.1, 0.15) is 62.7 Å². The number of hydrogen-bond acceptors (Lipinski definition) is 6. The summed E-state index contributed by atoms with van der Waals surface area (Å²) >= 11 is 0. The normalized spacial score (nSPS) is 27.8. The summed E-state index contributed by atoms with van der Waals surface area (Å²) in [5.74, 6) is -0.168. The number of hydrogen-bond donors (Lipinski definition) is 1. The van der Waals surface area contributed by atoms with E-state index in [9.17, 15) is 14.4 Å². The third kappa shape index (κ3) is 5.55. The number of anilines is 1. The highest BCUT2D eigenvalue weighted by atomic mass is 16.5. The molecule has 1 aromatic rings. The van der Waals surface area contributed by atoms with Gasteiger partial charge in [-0.15, -0.1) is 0 Å². The Morgan fingerprint density at radius 1 is 1.05 bits per heavy atom. The third-order valence-electron chi connectivity index (χ3n) is 8.80. The number of rotatable bonds is 7. The highest BCUT2D eigenvalue weighted by Crippen LogP contribution is 2.34. The number of fused-ring (bicyclic) bond motifs is 1. The van der Waals surface area contributed by atoms with Gasteiger partial charge in [0, 0.05) is 49.9 Å². The van der Waals surface area contributed by atoms with Gasteiger partial charge in [-0.25, -0.2) is 0 Å². The van der Waals surface area contributed by atoms with Crippen molar-refractivity contribution in [2.45, 2.75) is 70.6 Å². The average Bonchev–Trinajstić information content (AvgIpc) is 3.48. The molecule has 1 saturated carbocycles. The van der Waals surface area contributed by atoms with E-state index >= 15 is 0 Å². The van der Waals surface area contributed by atoms with Gasteiger partial charge in [0.1, 0.15) is 18.7 Å². The number of Topliss-reactive ketones (excluding diaryl/α,β-unsaturated/α-hetero) is 1. The number of piperazine rings is 1. The molecule has 0 unspecified atom stereocenters. The molecular weight excluding hydrogens is 468 g/mol. The molecule has 0 radical (unpaired) electrons.